The predicted octanol–water partition coefficient (Wildman–Crippen LogP) is 2.31. The summed E-state index contributed by atoms with van der Waals surface area (Å²) in [5.74, 6) is -0.621. The van der Waals surface area contributed by atoms with Crippen molar-refractivity contribution in [2.45, 2.75) is 25.7 Å². The van der Waals surface area contributed by atoms with E-state index in [1.54, 1.807) is 13.8 Å². The number of hydrogen-bond donors (Lipinski definition) is 1. The van der Waals surface area contributed by atoms with E-state index < -0.39 is 17.2 Å². The van der Waals surface area contributed by atoms with Gasteiger partial charge in [-0.3, -0.25) is 4.79 Å². The highest BCUT2D eigenvalue weighted by Gasteiger charge is 2.30. The summed E-state index contributed by atoms with van der Waals surface area (Å²) in [5, 5.41) is 8.82. The second-order valence-electron chi connectivity index (χ2n) is 4.64. The van der Waals surface area contributed by atoms with Crippen molar-refractivity contribution in [3.05, 3.63) is 23.5 Å². The molecule has 0 atom stereocenters. The van der Waals surface area contributed by atoms with Crippen LogP contribution in [-0.4, -0.2) is 17.9 Å². The molecule has 2 rings (SSSR count). The maximum absolute atomic E-state index is 13.9. The van der Waals surface area contributed by atoms with E-state index >= 15 is 0 Å². The molecule has 0 fully saturated rings. The van der Waals surface area contributed by atoms with E-state index in [2.05, 4.69) is 0 Å². The van der Waals surface area contributed by atoms with E-state index in [0.717, 1.165) is 0 Å². The molecule has 0 bridgehead atoms. The number of hydrogen-bond acceptors (Lipinski definition) is 3. The lowest BCUT2D eigenvalue weighted by Crippen LogP contribution is -2.23. The number of carboxylic acids is 1. The van der Waals surface area contributed by atoms with Gasteiger partial charge in [0.1, 0.15) is 5.82 Å². The van der Waals surface area contributed by atoms with Crippen LogP contribution in [0.25, 0.3) is 0 Å². The fraction of sp³-hybridized carbons (Fsp3) is 0.417. The maximum atomic E-state index is 13.9. The molecular formula is C12H13FO4. The van der Waals surface area contributed by atoms with Gasteiger partial charge in [0, 0.05) is 11.5 Å². The Bertz CT molecular complexity index is 468. The van der Waals surface area contributed by atoms with Gasteiger partial charge in [-0.15, -0.1) is 0 Å². The van der Waals surface area contributed by atoms with Crippen molar-refractivity contribution in [3.63, 3.8) is 0 Å². The molecule has 1 heterocycles. The van der Waals surface area contributed by atoms with Crippen LogP contribution in [0.3, 0.4) is 0 Å². The van der Waals surface area contributed by atoms with Gasteiger partial charge in [-0.1, -0.05) is 13.8 Å². The standard InChI is InChI=1S/C12H13FO4/c1-12(2,5-11(14)15)7-3-9-10(4-8(7)13)17-6-16-9/h3-4H,5-6H2,1-2H3,(H,14,15). The number of benzene rings is 1. The summed E-state index contributed by atoms with van der Waals surface area (Å²) >= 11 is 0. The van der Waals surface area contributed by atoms with Crippen molar-refractivity contribution in [1.82, 2.24) is 0 Å². The lowest BCUT2D eigenvalue weighted by Gasteiger charge is -2.23. The Kier molecular flexibility index (Phi) is 2.69. The third kappa shape index (κ3) is 2.18. The Labute approximate surface area is 98.0 Å². The number of halogens is 1. The Morgan fingerprint density at radius 1 is 1.41 bits per heavy atom. The third-order valence-corrected chi connectivity index (χ3v) is 2.78. The number of ether oxygens (including phenoxy) is 2. The molecule has 1 aliphatic rings. The molecule has 0 spiro atoms. The number of carbonyl (C=O) groups is 1. The quantitative estimate of drug-likeness (QED) is 0.880. The average molecular weight is 240 g/mol. The minimum Gasteiger partial charge on any atom is -0.481 e. The zero-order valence-corrected chi connectivity index (χ0v) is 9.62. The van der Waals surface area contributed by atoms with Crippen LogP contribution in [0.1, 0.15) is 25.8 Å². The van der Waals surface area contributed by atoms with Gasteiger partial charge in [0.25, 0.3) is 0 Å². The average Bonchev–Trinajstić information content (AvgIpc) is 2.60. The summed E-state index contributed by atoms with van der Waals surface area (Å²) in [7, 11) is 0. The Balaban J connectivity index is 2.41. The Morgan fingerprint density at radius 3 is 2.59 bits per heavy atom. The van der Waals surface area contributed by atoms with Crippen molar-refractivity contribution in [1.29, 1.82) is 0 Å². The molecule has 0 saturated heterocycles. The minimum atomic E-state index is -0.966. The molecule has 0 amide bonds. The highest BCUT2D eigenvalue weighted by molar-refractivity contribution is 5.69. The molecule has 1 aromatic carbocycles. The molecule has 0 unspecified atom stereocenters. The van der Waals surface area contributed by atoms with Gasteiger partial charge < -0.3 is 14.6 Å². The molecule has 0 aromatic heterocycles. The van der Waals surface area contributed by atoms with Crippen LogP contribution in [0, 0.1) is 5.82 Å². The normalized spacial score (nSPS) is 13.8. The van der Waals surface area contributed by atoms with Gasteiger partial charge in [-0.2, -0.15) is 0 Å². The summed E-state index contributed by atoms with van der Waals surface area (Å²) < 4.78 is 24.1. The molecule has 1 aliphatic heterocycles. The van der Waals surface area contributed by atoms with Crippen molar-refractivity contribution < 1.29 is 23.8 Å². The van der Waals surface area contributed by atoms with Gasteiger partial charge in [-0.05, 0) is 11.6 Å². The zero-order valence-electron chi connectivity index (χ0n) is 9.62. The molecule has 5 heteroatoms. The van der Waals surface area contributed by atoms with Gasteiger partial charge >= 0.3 is 5.97 Å². The lowest BCUT2D eigenvalue weighted by atomic mass is 9.81. The smallest absolute Gasteiger partial charge is 0.304 e. The van der Waals surface area contributed by atoms with Crippen LogP contribution in [-0.2, 0) is 10.2 Å². The molecule has 17 heavy (non-hydrogen) atoms. The fourth-order valence-electron chi connectivity index (χ4n) is 1.91. The first-order chi connectivity index (χ1) is 7.90. The Morgan fingerprint density at radius 2 is 2.00 bits per heavy atom. The topological polar surface area (TPSA) is 55.8 Å². The molecule has 4 nitrogen and oxygen atoms in total. The molecular weight excluding hydrogens is 227 g/mol. The summed E-state index contributed by atoms with van der Waals surface area (Å²) in [6.07, 6.45) is -0.149. The van der Waals surface area contributed by atoms with Gasteiger partial charge in [0.05, 0.1) is 6.42 Å². The van der Waals surface area contributed by atoms with E-state index in [1.807, 2.05) is 0 Å². The first-order valence-electron chi connectivity index (χ1n) is 5.21. The lowest BCUT2D eigenvalue weighted by molar-refractivity contribution is -0.138. The molecule has 0 radical (unpaired) electrons. The molecule has 0 saturated carbocycles. The largest absolute Gasteiger partial charge is 0.481 e. The number of fused-ring (bicyclic) bond motifs is 1. The van der Waals surface area contributed by atoms with E-state index in [4.69, 9.17) is 14.6 Å². The summed E-state index contributed by atoms with van der Waals surface area (Å²) in [4.78, 5) is 10.8. The highest BCUT2D eigenvalue weighted by Crippen LogP contribution is 2.39. The predicted molar refractivity (Wildman–Crippen MR) is 57.8 cm³/mol. The van der Waals surface area contributed by atoms with Crippen LogP contribution >= 0.6 is 0 Å². The second-order valence-corrected chi connectivity index (χ2v) is 4.64. The summed E-state index contributed by atoms with van der Waals surface area (Å²) in [6.45, 7) is 3.43. The van der Waals surface area contributed by atoms with Gasteiger partial charge in [0.15, 0.2) is 11.5 Å². The van der Waals surface area contributed by atoms with Gasteiger partial charge in [0.2, 0.25) is 6.79 Å². The van der Waals surface area contributed by atoms with Crippen molar-refractivity contribution in [2.75, 3.05) is 6.79 Å². The van der Waals surface area contributed by atoms with Crippen molar-refractivity contribution in [2.24, 2.45) is 0 Å². The number of aliphatic carboxylic acids is 1. The van der Waals surface area contributed by atoms with Crippen LogP contribution in [0.5, 0.6) is 11.5 Å². The minimum absolute atomic E-state index is 0.0670. The highest BCUT2D eigenvalue weighted by atomic mass is 19.1. The molecule has 0 aliphatic carbocycles. The maximum Gasteiger partial charge on any atom is 0.304 e. The SMILES string of the molecule is CC(C)(CC(=O)O)c1cc2c(cc1F)OCO2. The number of rotatable bonds is 3. The van der Waals surface area contributed by atoms with E-state index in [-0.39, 0.29) is 13.2 Å². The van der Waals surface area contributed by atoms with Crippen LogP contribution in [0.2, 0.25) is 0 Å². The Hall–Kier alpha value is -1.78. The molecule has 1 aromatic rings. The fourth-order valence-corrected chi connectivity index (χ4v) is 1.91. The summed E-state index contributed by atoms with van der Waals surface area (Å²) in [6, 6.07) is 2.75. The van der Waals surface area contributed by atoms with Crippen LogP contribution in [0.4, 0.5) is 4.39 Å². The van der Waals surface area contributed by atoms with Crippen LogP contribution in [0.15, 0.2) is 12.1 Å². The van der Waals surface area contributed by atoms with Crippen LogP contribution < -0.4 is 9.47 Å². The van der Waals surface area contributed by atoms with Crippen molar-refractivity contribution >= 4 is 5.97 Å². The number of carboxylic acid groups (broad SMARTS) is 1. The molecule has 1 N–H and O–H groups in total. The first kappa shape index (κ1) is 11.7. The second kappa shape index (κ2) is 3.91. The zero-order chi connectivity index (χ0) is 12.6. The third-order valence-electron chi connectivity index (χ3n) is 2.78. The van der Waals surface area contributed by atoms with E-state index in [0.29, 0.717) is 17.1 Å². The first-order valence-corrected chi connectivity index (χ1v) is 5.21. The van der Waals surface area contributed by atoms with Crippen molar-refractivity contribution in [3.8, 4) is 11.5 Å². The molecule has 92 valence electrons. The monoisotopic (exact) mass is 240 g/mol. The summed E-state index contributed by atoms with van der Waals surface area (Å²) in [5.41, 5.74) is -0.471. The van der Waals surface area contributed by atoms with E-state index in [1.165, 1.54) is 12.1 Å². The van der Waals surface area contributed by atoms with E-state index in [9.17, 15) is 9.18 Å². The van der Waals surface area contributed by atoms with Gasteiger partial charge in [-0.25, -0.2) is 4.39 Å².